The topological polar surface area (TPSA) is 57.6 Å². The molecule has 0 aliphatic rings. The Morgan fingerprint density at radius 2 is 1.71 bits per heavy atom. The van der Waals surface area contributed by atoms with E-state index in [2.05, 4.69) is 15.9 Å². The van der Waals surface area contributed by atoms with E-state index >= 15 is 0 Å². The highest BCUT2D eigenvalue weighted by Gasteiger charge is 2.26. The first-order valence-corrected chi connectivity index (χ1v) is 9.60. The Bertz CT molecular complexity index is 538. The second kappa shape index (κ2) is 8.88. The largest absolute Gasteiger partial charge is 0.392 e. The first-order valence-electron chi connectivity index (χ1n) is 7.36. The quantitative estimate of drug-likeness (QED) is 0.715. The molecule has 0 saturated carbocycles. The number of benzene rings is 1. The van der Waals surface area contributed by atoms with Crippen LogP contribution in [0.4, 0.5) is 0 Å². The summed E-state index contributed by atoms with van der Waals surface area (Å²) in [7, 11) is -3.53. The number of unbranched alkanes of at least 4 members (excludes halogenated alkanes) is 2. The van der Waals surface area contributed by atoms with Gasteiger partial charge in [-0.15, -0.1) is 0 Å². The summed E-state index contributed by atoms with van der Waals surface area (Å²) in [4.78, 5) is 0.237. The molecule has 1 aromatic rings. The molecule has 6 heteroatoms. The molecule has 0 aliphatic carbocycles. The fraction of sp³-hybridized carbons (Fsp3) is 0.600. The molecule has 0 aromatic heterocycles. The van der Waals surface area contributed by atoms with Crippen LogP contribution in [0, 0.1) is 0 Å². The van der Waals surface area contributed by atoms with Crippen LogP contribution >= 0.6 is 15.9 Å². The lowest BCUT2D eigenvalue weighted by molar-refractivity contribution is 0.281. The van der Waals surface area contributed by atoms with Gasteiger partial charge in [-0.2, -0.15) is 4.31 Å². The Hall–Kier alpha value is -0.430. The normalized spacial score (nSPS) is 12.0. The maximum Gasteiger partial charge on any atom is 0.244 e. The zero-order valence-electron chi connectivity index (χ0n) is 12.7. The first-order chi connectivity index (χ1) is 9.97. The standard InChI is InChI=1S/C15H24BrNO3S/c1-3-5-9-17(10-6-4-2)21(19,20)15-11-13(12-18)7-8-14(15)16/h7-8,11,18H,3-6,9-10,12H2,1-2H3. The van der Waals surface area contributed by atoms with E-state index in [-0.39, 0.29) is 11.5 Å². The summed E-state index contributed by atoms with van der Waals surface area (Å²) in [6.45, 7) is 5.00. The molecule has 4 nitrogen and oxygen atoms in total. The predicted molar refractivity (Wildman–Crippen MR) is 88.6 cm³/mol. The number of halogens is 1. The Balaban J connectivity index is 3.14. The predicted octanol–water partition coefficient (Wildman–Crippen LogP) is 3.53. The number of hydrogen-bond acceptors (Lipinski definition) is 3. The number of aliphatic hydroxyl groups is 1. The second-order valence-corrected chi connectivity index (χ2v) is 7.79. The maximum absolute atomic E-state index is 12.8. The minimum atomic E-state index is -3.53. The van der Waals surface area contributed by atoms with Crippen molar-refractivity contribution in [3.63, 3.8) is 0 Å². The van der Waals surface area contributed by atoms with Crippen LogP contribution in [0.5, 0.6) is 0 Å². The molecule has 21 heavy (non-hydrogen) atoms. The summed E-state index contributed by atoms with van der Waals surface area (Å²) in [5.41, 5.74) is 0.600. The van der Waals surface area contributed by atoms with E-state index < -0.39 is 10.0 Å². The van der Waals surface area contributed by atoms with Crippen molar-refractivity contribution in [2.75, 3.05) is 13.1 Å². The third-order valence-electron chi connectivity index (χ3n) is 3.32. The molecule has 1 rings (SSSR count). The molecule has 0 fully saturated rings. The Morgan fingerprint density at radius 1 is 1.14 bits per heavy atom. The highest BCUT2D eigenvalue weighted by atomic mass is 79.9. The van der Waals surface area contributed by atoms with Crippen molar-refractivity contribution in [3.05, 3.63) is 28.2 Å². The van der Waals surface area contributed by atoms with Crippen LogP contribution in [0.1, 0.15) is 45.1 Å². The van der Waals surface area contributed by atoms with E-state index in [1.54, 1.807) is 22.5 Å². The van der Waals surface area contributed by atoms with Crippen LogP contribution in [-0.2, 0) is 16.6 Å². The smallest absolute Gasteiger partial charge is 0.244 e. The fourth-order valence-corrected chi connectivity index (χ4v) is 4.50. The molecule has 0 atom stereocenters. The summed E-state index contributed by atoms with van der Waals surface area (Å²) in [6, 6.07) is 4.94. The molecule has 0 saturated heterocycles. The van der Waals surface area contributed by atoms with Crippen LogP contribution in [0.15, 0.2) is 27.6 Å². The van der Waals surface area contributed by atoms with Crippen molar-refractivity contribution in [2.24, 2.45) is 0 Å². The molecule has 1 aromatic carbocycles. The minimum Gasteiger partial charge on any atom is -0.392 e. The van der Waals surface area contributed by atoms with E-state index in [0.717, 1.165) is 25.7 Å². The Morgan fingerprint density at radius 3 is 2.19 bits per heavy atom. The number of rotatable bonds is 9. The lowest BCUT2D eigenvalue weighted by atomic mass is 10.2. The van der Waals surface area contributed by atoms with Gasteiger partial charge >= 0.3 is 0 Å². The van der Waals surface area contributed by atoms with Gasteiger partial charge in [0.1, 0.15) is 0 Å². The van der Waals surface area contributed by atoms with Gasteiger partial charge in [0.25, 0.3) is 0 Å². The van der Waals surface area contributed by atoms with Crippen LogP contribution < -0.4 is 0 Å². The van der Waals surface area contributed by atoms with Crippen molar-refractivity contribution in [3.8, 4) is 0 Å². The molecule has 1 N–H and O–H groups in total. The van der Waals surface area contributed by atoms with Gasteiger partial charge in [0.05, 0.1) is 11.5 Å². The molecular formula is C15H24BrNO3S. The van der Waals surface area contributed by atoms with Gasteiger partial charge in [-0.25, -0.2) is 8.42 Å². The SMILES string of the molecule is CCCCN(CCCC)S(=O)(=O)c1cc(CO)ccc1Br. The highest BCUT2D eigenvalue weighted by molar-refractivity contribution is 9.10. The average molecular weight is 378 g/mol. The zero-order chi connectivity index (χ0) is 15.9. The number of sulfonamides is 1. The Labute approximate surface area is 136 Å². The molecule has 0 heterocycles. The molecular weight excluding hydrogens is 354 g/mol. The van der Waals surface area contributed by atoms with Crippen molar-refractivity contribution < 1.29 is 13.5 Å². The van der Waals surface area contributed by atoms with Crippen LogP contribution in [0.25, 0.3) is 0 Å². The van der Waals surface area contributed by atoms with Gasteiger partial charge in [0, 0.05) is 17.6 Å². The minimum absolute atomic E-state index is 0.167. The van der Waals surface area contributed by atoms with E-state index in [4.69, 9.17) is 0 Å². The number of aliphatic hydroxyl groups excluding tert-OH is 1. The van der Waals surface area contributed by atoms with Crippen LogP contribution in [0.3, 0.4) is 0 Å². The molecule has 0 amide bonds. The van der Waals surface area contributed by atoms with Gasteiger partial charge in [-0.1, -0.05) is 32.8 Å². The van der Waals surface area contributed by atoms with Crippen LogP contribution in [0.2, 0.25) is 0 Å². The third kappa shape index (κ3) is 5.06. The monoisotopic (exact) mass is 377 g/mol. The summed E-state index contributed by atoms with van der Waals surface area (Å²) in [6.07, 6.45) is 3.60. The van der Waals surface area contributed by atoms with Gasteiger partial charge < -0.3 is 5.11 Å². The Kier molecular flexibility index (Phi) is 7.87. The maximum atomic E-state index is 12.8. The summed E-state index contributed by atoms with van der Waals surface area (Å²) >= 11 is 3.31. The molecule has 0 radical (unpaired) electrons. The van der Waals surface area contributed by atoms with Gasteiger partial charge in [-0.05, 0) is 46.5 Å². The van der Waals surface area contributed by atoms with Crippen molar-refractivity contribution in [1.29, 1.82) is 0 Å². The number of hydrogen-bond donors (Lipinski definition) is 1. The third-order valence-corrected chi connectivity index (χ3v) is 6.21. The van der Waals surface area contributed by atoms with E-state index in [1.807, 2.05) is 13.8 Å². The molecule has 0 aliphatic heterocycles. The lowest BCUT2D eigenvalue weighted by Crippen LogP contribution is -2.33. The van der Waals surface area contributed by atoms with Gasteiger partial charge in [0.15, 0.2) is 0 Å². The summed E-state index contributed by atoms with van der Waals surface area (Å²) in [5, 5.41) is 9.22. The summed E-state index contributed by atoms with van der Waals surface area (Å²) in [5.74, 6) is 0. The van der Waals surface area contributed by atoms with Gasteiger partial charge in [-0.3, -0.25) is 0 Å². The molecule has 0 spiro atoms. The molecule has 120 valence electrons. The fourth-order valence-electron chi connectivity index (χ4n) is 2.00. The highest BCUT2D eigenvalue weighted by Crippen LogP contribution is 2.27. The van der Waals surface area contributed by atoms with E-state index in [9.17, 15) is 13.5 Å². The van der Waals surface area contributed by atoms with Crippen molar-refractivity contribution in [1.82, 2.24) is 4.31 Å². The number of nitrogens with zero attached hydrogens (tertiary/aromatic N) is 1. The first kappa shape index (κ1) is 18.6. The second-order valence-electron chi connectivity index (χ2n) is 5.03. The lowest BCUT2D eigenvalue weighted by Gasteiger charge is -2.22. The van der Waals surface area contributed by atoms with Gasteiger partial charge in [0.2, 0.25) is 10.0 Å². The van der Waals surface area contributed by atoms with Crippen LogP contribution in [-0.4, -0.2) is 30.9 Å². The van der Waals surface area contributed by atoms with E-state index in [1.165, 1.54) is 0 Å². The van der Waals surface area contributed by atoms with Crippen molar-refractivity contribution >= 4 is 26.0 Å². The summed E-state index contributed by atoms with van der Waals surface area (Å²) < 4.78 is 27.8. The molecule has 0 bridgehead atoms. The zero-order valence-corrected chi connectivity index (χ0v) is 15.1. The average Bonchev–Trinajstić information content (AvgIpc) is 2.47. The molecule has 0 unspecified atom stereocenters. The van der Waals surface area contributed by atoms with Crippen molar-refractivity contribution in [2.45, 2.75) is 51.0 Å². The van der Waals surface area contributed by atoms with E-state index in [0.29, 0.717) is 23.1 Å².